The molecule has 4 amide bonds. The number of carbonyl (C=O) groups excluding carboxylic acids is 3. The Bertz CT molecular complexity index is 1000. The highest BCUT2D eigenvalue weighted by molar-refractivity contribution is 6.31. The largest absolute Gasteiger partial charge is 0.435 e. The SMILES string of the molecule is C[C@@]1(c2ccc(OC(F)F)cc2)NC(=O)N(CC(=O)Nc2ccc(F)c(Cl)c2)C1=O. The van der Waals surface area contributed by atoms with Gasteiger partial charge < -0.3 is 15.4 Å². The number of imide groups is 1. The number of hydrogen-bond acceptors (Lipinski definition) is 4. The van der Waals surface area contributed by atoms with Crippen LogP contribution in [0.5, 0.6) is 5.75 Å². The van der Waals surface area contributed by atoms with Crippen LogP contribution in [0.4, 0.5) is 23.7 Å². The predicted octanol–water partition coefficient (Wildman–Crippen LogP) is 3.49. The molecule has 2 N–H and O–H groups in total. The lowest BCUT2D eigenvalue weighted by molar-refractivity contribution is -0.133. The summed E-state index contributed by atoms with van der Waals surface area (Å²) in [5.41, 5.74) is -0.994. The molecule has 1 atom stereocenters. The van der Waals surface area contributed by atoms with Crippen LogP contribution < -0.4 is 15.4 Å². The summed E-state index contributed by atoms with van der Waals surface area (Å²) in [6, 6.07) is 7.91. The first-order valence-corrected chi connectivity index (χ1v) is 8.92. The molecular formula is C19H15ClF3N3O4. The molecule has 7 nitrogen and oxygen atoms in total. The fraction of sp³-hybridized carbons (Fsp3) is 0.211. The topological polar surface area (TPSA) is 87.7 Å². The molecule has 158 valence electrons. The van der Waals surface area contributed by atoms with Gasteiger partial charge in [0, 0.05) is 5.69 Å². The Balaban J connectivity index is 1.71. The van der Waals surface area contributed by atoms with Crippen LogP contribution in [0.25, 0.3) is 0 Å². The summed E-state index contributed by atoms with van der Waals surface area (Å²) < 4.78 is 42.0. The molecular weight excluding hydrogens is 427 g/mol. The molecule has 0 saturated carbocycles. The van der Waals surface area contributed by atoms with E-state index in [-0.39, 0.29) is 16.5 Å². The second-order valence-corrected chi connectivity index (χ2v) is 6.93. The van der Waals surface area contributed by atoms with Gasteiger partial charge in [0.1, 0.15) is 23.7 Å². The van der Waals surface area contributed by atoms with Crippen molar-refractivity contribution in [1.29, 1.82) is 0 Å². The van der Waals surface area contributed by atoms with Crippen LogP contribution in [-0.4, -0.2) is 35.9 Å². The van der Waals surface area contributed by atoms with E-state index in [4.69, 9.17) is 11.6 Å². The first-order valence-electron chi connectivity index (χ1n) is 8.54. The van der Waals surface area contributed by atoms with Crippen LogP contribution in [0.3, 0.4) is 0 Å². The maximum atomic E-state index is 13.2. The van der Waals surface area contributed by atoms with Crippen molar-refractivity contribution in [3.63, 3.8) is 0 Å². The van der Waals surface area contributed by atoms with Gasteiger partial charge in [-0.15, -0.1) is 0 Å². The van der Waals surface area contributed by atoms with Crippen molar-refractivity contribution in [1.82, 2.24) is 10.2 Å². The Labute approximate surface area is 173 Å². The van der Waals surface area contributed by atoms with Crippen molar-refractivity contribution < 1.29 is 32.3 Å². The number of carbonyl (C=O) groups is 3. The minimum absolute atomic E-state index is 0.108. The molecule has 1 aliphatic rings. The molecule has 30 heavy (non-hydrogen) atoms. The molecule has 0 aromatic heterocycles. The van der Waals surface area contributed by atoms with Crippen molar-refractivity contribution in [2.45, 2.75) is 19.1 Å². The van der Waals surface area contributed by atoms with E-state index in [0.717, 1.165) is 6.07 Å². The molecule has 0 bridgehead atoms. The summed E-state index contributed by atoms with van der Waals surface area (Å²) >= 11 is 5.65. The van der Waals surface area contributed by atoms with Crippen LogP contribution in [0, 0.1) is 5.82 Å². The Morgan fingerprint density at radius 1 is 1.23 bits per heavy atom. The first-order chi connectivity index (χ1) is 14.1. The van der Waals surface area contributed by atoms with Gasteiger partial charge in [0.05, 0.1) is 5.02 Å². The van der Waals surface area contributed by atoms with Crippen LogP contribution in [0.2, 0.25) is 5.02 Å². The highest BCUT2D eigenvalue weighted by atomic mass is 35.5. The van der Waals surface area contributed by atoms with Gasteiger partial charge in [-0.25, -0.2) is 9.18 Å². The molecule has 0 unspecified atom stereocenters. The highest BCUT2D eigenvalue weighted by Gasteiger charge is 2.49. The number of nitrogens with one attached hydrogen (secondary N) is 2. The molecule has 2 aromatic rings. The summed E-state index contributed by atoms with van der Waals surface area (Å²) in [7, 11) is 0. The van der Waals surface area contributed by atoms with Gasteiger partial charge in [0.25, 0.3) is 5.91 Å². The van der Waals surface area contributed by atoms with Crippen LogP contribution in [-0.2, 0) is 15.1 Å². The summed E-state index contributed by atoms with van der Waals surface area (Å²) in [5.74, 6) is -2.18. The van der Waals surface area contributed by atoms with Gasteiger partial charge in [-0.3, -0.25) is 14.5 Å². The first kappa shape index (κ1) is 21.4. The Kier molecular flexibility index (Phi) is 5.88. The fourth-order valence-corrected chi connectivity index (χ4v) is 3.10. The maximum Gasteiger partial charge on any atom is 0.387 e. The van der Waals surface area contributed by atoms with Crippen LogP contribution in [0.15, 0.2) is 42.5 Å². The van der Waals surface area contributed by atoms with Crippen molar-refractivity contribution >= 4 is 35.1 Å². The van der Waals surface area contributed by atoms with Crippen molar-refractivity contribution in [3.8, 4) is 5.75 Å². The van der Waals surface area contributed by atoms with E-state index in [1.165, 1.54) is 43.3 Å². The Hall–Kier alpha value is -3.27. The number of alkyl halides is 2. The summed E-state index contributed by atoms with van der Waals surface area (Å²) in [4.78, 5) is 38.1. The van der Waals surface area contributed by atoms with E-state index < -0.39 is 42.4 Å². The summed E-state index contributed by atoms with van der Waals surface area (Å²) in [5, 5.41) is 4.71. The molecule has 0 aliphatic carbocycles. The van der Waals surface area contributed by atoms with Crippen molar-refractivity contribution in [2.75, 3.05) is 11.9 Å². The van der Waals surface area contributed by atoms with Crippen molar-refractivity contribution in [2.24, 2.45) is 0 Å². The van der Waals surface area contributed by atoms with Crippen LogP contribution >= 0.6 is 11.6 Å². The summed E-state index contributed by atoms with van der Waals surface area (Å²) in [6.45, 7) is -2.17. The van der Waals surface area contributed by atoms with Gasteiger partial charge in [-0.05, 0) is 42.8 Å². The molecule has 1 aliphatic heterocycles. The van der Waals surface area contributed by atoms with E-state index in [1.807, 2.05) is 0 Å². The number of anilines is 1. The normalized spacial score (nSPS) is 18.5. The van der Waals surface area contributed by atoms with Gasteiger partial charge in [-0.1, -0.05) is 23.7 Å². The number of rotatable bonds is 6. The Morgan fingerprint density at radius 2 is 1.90 bits per heavy atom. The molecule has 11 heteroatoms. The third kappa shape index (κ3) is 4.33. The van der Waals surface area contributed by atoms with E-state index in [2.05, 4.69) is 15.4 Å². The zero-order valence-electron chi connectivity index (χ0n) is 15.4. The Morgan fingerprint density at radius 3 is 2.50 bits per heavy atom. The molecule has 0 radical (unpaired) electrons. The average molecular weight is 442 g/mol. The van der Waals surface area contributed by atoms with E-state index >= 15 is 0 Å². The number of nitrogens with zero attached hydrogens (tertiary/aromatic N) is 1. The monoisotopic (exact) mass is 441 g/mol. The van der Waals surface area contributed by atoms with Gasteiger partial charge in [0.2, 0.25) is 5.91 Å². The third-order valence-electron chi connectivity index (χ3n) is 4.44. The minimum atomic E-state index is -3.00. The molecule has 2 aromatic carbocycles. The highest BCUT2D eigenvalue weighted by Crippen LogP contribution is 2.30. The quantitative estimate of drug-likeness (QED) is 0.672. The second kappa shape index (κ2) is 8.23. The minimum Gasteiger partial charge on any atom is -0.435 e. The number of ether oxygens (including phenoxy) is 1. The lowest BCUT2D eigenvalue weighted by Gasteiger charge is -2.22. The van der Waals surface area contributed by atoms with Crippen LogP contribution in [0.1, 0.15) is 12.5 Å². The third-order valence-corrected chi connectivity index (χ3v) is 4.73. The molecule has 1 heterocycles. The lowest BCUT2D eigenvalue weighted by Crippen LogP contribution is -2.42. The number of halogens is 4. The van der Waals surface area contributed by atoms with Gasteiger partial charge >= 0.3 is 12.6 Å². The van der Waals surface area contributed by atoms with Crippen molar-refractivity contribution in [3.05, 3.63) is 58.9 Å². The van der Waals surface area contributed by atoms with E-state index in [9.17, 15) is 27.6 Å². The fourth-order valence-electron chi connectivity index (χ4n) is 2.92. The van der Waals surface area contributed by atoms with E-state index in [0.29, 0.717) is 10.5 Å². The average Bonchev–Trinajstić information content (AvgIpc) is 2.89. The number of urea groups is 1. The zero-order chi connectivity index (χ0) is 22.1. The van der Waals surface area contributed by atoms with Gasteiger partial charge in [0.15, 0.2) is 0 Å². The molecule has 0 spiro atoms. The molecule has 1 saturated heterocycles. The number of benzene rings is 2. The lowest BCUT2D eigenvalue weighted by atomic mass is 9.92. The van der Waals surface area contributed by atoms with E-state index in [1.54, 1.807) is 0 Å². The summed E-state index contributed by atoms with van der Waals surface area (Å²) in [6.07, 6.45) is 0. The van der Waals surface area contributed by atoms with Gasteiger partial charge in [-0.2, -0.15) is 8.78 Å². The molecule has 1 fully saturated rings. The predicted molar refractivity (Wildman–Crippen MR) is 101 cm³/mol. The molecule has 3 rings (SSSR count). The number of amides is 4. The standard InChI is InChI=1S/C19H15ClF3N3O4/c1-19(10-2-5-12(6-3-10)30-17(22)23)16(28)26(18(29)25-19)9-15(27)24-11-4-7-14(21)13(20)8-11/h2-8,17H,9H2,1H3,(H,24,27)(H,25,29)/t19-/m0/s1. The smallest absolute Gasteiger partial charge is 0.387 e. The zero-order valence-corrected chi connectivity index (χ0v) is 16.2. The second-order valence-electron chi connectivity index (χ2n) is 6.53. The maximum absolute atomic E-state index is 13.2. The number of hydrogen-bond donors (Lipinski definition) is 2.